The molecule has 1 atom stereocenters. The summed E-state index contributed by atoms with van der Waals surface area (Å²) in [6.45, 7) is 13.6. The Morgan fingerprint density at radius 2 is 2.07 bits per heavy atom. The number of allylic oxidation sites excluding steroid dienone is 1. The lowest BCUT2D eigenvalue weighted by Gasteiger charge is -2.55. The molecule has 1 heterocycles. The van der Waals surface area contributed by atoms with Crippen molar-refractivity contribution in [2.24, 2.45) is 0 Å². The van der Waals surface area contributed by atoms with E-state index in [1.807, 2.05) is 6.08 Å². The molecule has 1 aliphatic heterocycles. The van der Waals surface area contributed by atoms with Crippen LogP contribution in [0.15, 0.2) is 24.9 Å². The summed E-state index contributed by atoms with van der Waals surface area (Å²) >= 11 is 0. The molecule has 15 heavy (non-hydrogen) atoms. The van der Waals surface area contributed by atoms with Crippen LogP contribution in [0.4, 0.5) is 0 Å². The summed E-state index contributed by atoms with van der Waals surface area (Å²) in [6.07, 6.45) is 9.76. The van der Waals surface area contributed by atoms with Crippen molar-refractivity contribution in [3.05, 3.63) is 24.9 Å². The van der Waals surface area contributed by atoms with Gasteiger partial charge in [0.2, 0.25) is 0 Å². The zero-order valence-electron chi connectivity index (χ0n) is 10.4. The molecule has 0 aliphatic carbocycles. The molecule has 0 aromatic rings. The smallest absolute Gasteiger partial charge is 0.0418 e. The predicted octanol–water partition coefficient (Wildman–Crippen LogP) is 4.12. The van der Waals surface area contributed by atoms with Gasteiger partial charge in [0, 0.05) is 17.8 Å². The summed E-state index contributed by atoms with van der Waals surface area (Å²) < 4.78 is 0. The molecule has 0 amide bonds. The summed E-state index contributed by atoms with van der Waals surface area (Å²) in [7, 11) is 0. The normalized spacial score (nSPS) is 24.8. The molecule has 0 N–H and O–H groups in total. The summed E-state index contributed by atoms with van der Waals surface area (Å²) in [5.74, 6) is 0. The molecule has 1 aliphatic rings. The number of rotatable bonds is 7. The van der Waals surface area contributed by atoms with E-state index in [0.717, 1.165) is 5.70 Å². The fourth-order valence-corrected chi connectivity index (χ4v) is 2.71. The first kappa shape index (κ1) is 12.4. The van der Waals surface area contributed by atoms with Gasteiger partial charge in [-0.2, -0.15) is 0 Å². The average molecular weight is 207 g/mol. The number of hydrogen-bond acceptors (Lipinski definition) is 1. The maximum Gasteiger partial charge on any atom is 0.0418 e. The summed E-state index contributed by atoms with van der Waals surface area (Å²) in [5.41, 5.74) is 1.54. The zero-order valence-corrected chi connectivity index (χ0v) is 10.4. The zero-order chi connectivity index (χ0) is 11.3. The Hall–Kier alpha value is -0.720. The number of likely N-dealkylation sites (tertiary alicyclic amines) is 1. The number of nitrogens with zero attached hydrogens (tertiary/aromatic N) is 1. The Bertz CT molecular complexity index is 231. The molecule has 0 spiro atoms. The Balaban J connectivity index is 2.64. The largest absolute Gasteiger partial charge is 0.366 e. The van der Waals surface area contributed by atoms with E-state index in [9.17, 15) is 0 Å². The van der Waals surface area contributed by atoms with Crippen LogP contribution in [0.5, 0.6) is 0 Å². The second kappa shape index (κ2) is 5.39. The lowest BCUT2D eigenvalue weighted by atomic mass is 9.76. The fraction of sp³-hybridized carbons (Fsp3) is 0.714. The molecule has 1 nitrogen and oxygen atoms in total. The molecule has 86 valence electrons. The van der Waals surface area contributed by atoms with Gasteiger partial charge in [0.25, 0.3) is 0 Å². The van der Waals surface area contributed by atoms with E-state index in [1.165, 1.54) is 45.1 Å². The maximum atomic E-state index is 4.09. The van der Waals surface area contributed by atoms with Gasteiger partial charge in [-0.1, -0.05) is 46.3 Å². The minimum absolute atomic E-state index is 0.427. The molecule has 0 bridgehead atoms. The molecule has 1 unspecified atom stereocenters. The van der Waals surface area contributed by atoms with Crippen molar-refractivity contribution in [1.29, 1.82) is 0 Å². The van der Waals surface area contributed by atoms with Crippen molar-refractivity contribution < 1.29 is 0 Å². The second-order valence-corrected chi connectivity index (χ2v) is 4.67. The van der Waals surface area contributed by atoms with E-state index in [2.05, 4.69) is 31.9 Å². The van der Waals surface area contributed by atoms with Crippen LogP contribution in [0.1, 0.15) is 52.4 Å². The van der Waals surface area contributed by atoms with Gasteiger partial charge in [-0.3, -0.25) is 0 Å². The van der Waals surface area contributed by atoms with E-state index in [-0.39, 0.29) is 0 Å². The molecular formula is C14H25N. The first-order valence-electron chi connectivity index (χ1n) is 6.29. The third-order valence-electron chi connectivity index (χ3n) is 3.67. The first-order chi connectivity index (χ1) is 7.20. The van der Waals surface area contributed by atoms with Crippen molar-refractivity contribution in [1.82, 2.24) is 4.90 Å². The minimum Gasteiger partial charge on any atom is -0.366 e. The standard InChI is InChI=1S/C14H25N/c1-5-8-10-14(9-6-2)11-12-15(14)13(4)7-3/h7H,3-6,8-12H2,1-2H3. The Kier molecular flexibility index (Phi) is 4.44. The van der Waals surface area contributed by atoms with Crippen molar-refractivity contribution in [3.63, 3.8) is 0 Å². The second-order valence-electron chi connectivity index (χ2n) is 4.67. The van der Waals surface area contributed by atoms with Crippen LogP contribution in [0, 0.1) is 0 Å². The molecule has 1 rings (SSSR count). The van der Waals surface area contributed by atoms with Gasteiger partial charge in [-0.05, 0) is 25.3 Å². The van der Waals surface area contributed by atoms with Crippen molar-refractivity contribution >= 4 is 0 Å². The number of hydrogen-bond donors (Lipinski definition) is 0. The third-order valence-corrected chi connectivity index (χ3v) is 3.67. The van der Waals surface area contributed by atoms with Gasteiger partial charge in [0.05, 0.1) is 0 Å². The highest BCUT2D eigenvalue weighted by atomic mass is 15.3. The van der Waals surface area contributed by atoms with Crippen molar-refractivity contribution in [2.45, 2.75) is 57.9 Å². The molecule has 0 radical (unpaired) electrons. The Labute approximate surface area is 94.9 Å². The van der Waals surface area contributed by atoms with Crippen LogP contribution in [0.25, 0.3) is 0 Å². The maximum absolute atomic E-state index is 4.09. The SMILES string of the molecule is C=CC(=C)N1CCC1(CCC)CCCC. The van der Waals surface area contributed by atoms with Crippen LogP contribution in [0.2, 0.25) is 0 Å². The van der Waals surface area contributed by atoms with E-state index < -0.39 is 0 Å². The summed E-state index contributed by atoms with van der Waals surface area (Å²) in [5, 5.41) is 0. The summed E-state index contributed by atoms with van der Waals surface area (Å²) in [4.78, 5) is 2.47. The first-order valence-corrected chi connectivity index (χ1v) is 6.29. The molecule has 1 saturated heterocycles. The predicted molar refractivity (Wildman–Crippen MR) is 67.8 cm³/mol. The van der Waals surface area contributed by atoms with Crippen LogP contribution in [-0.2, 0) is 0 Å². The highest BCUT2D eigenvalue weighted by Gasteiger charge is 2.42. The lowest BCUT2D eigenvalue weighted by Crippen LogP contribution is -2.58. The number of unbranched alkanes of at least 4 members (excludes halogenated alkanes) is 1. The van der Waals surface area contributed by atoms with Crippen LogP contribution in [-0.4, -0.2) is 17.0 Å². The van der Waals surface area contributed by atoms with Crippen LogP contribution >= 0.6 is 0 Å². The minimum atomic E-state index is 0.427. The Morgan fingerprint density at radius 3 is 2.47 bits per heavy atom. The fourth-order valence-electron chi connectivity index (χ4n) is 2.71. The lowest BCUT2D eigenvalue weighted by molar-refractivity contribution is 0.00582. The van der Waals surface area contributed by atoms with Crippen LogP contribution < -0.4 is 0 Å². The van der Waals surface area contributed by atoms with Gasteiger partial charge in [0.1, 0.15) is 0 Å². The third kappa shape index (κ3) is 2.45. The molecule has 0 aromatic carbocycles. The van der Waals surface area contributed by atoms with E-state index in [1.54, 1.807) is 0 Å². The molecule has 1 fully saturated rings. The monoisotopic (exact) mass is 207 g/mol. The van der Waals surface area contributed by atoms with Gasteiger partial charge in [-0.25, -0.2) is 0 Å². The van der Waals surface area contributed by atoms with E-state index in [4.69, 9.17) is 0 Å². The highest BCUT2D eigenvalue weighted by Crippen LogP contribution is 2.41. The Morgan fingerprint density at radius 1 is 1.33 bits per heavy atom. The van der Waals surface area contributed by atoms with Crippen molar-refractivity contribution in [3.8, 4) is 0 Å². The molecule has 0 saturated carbocycles. The van der Waals surface area contributed by atoms with Crippen molar-refractivity contribution in [2.75, 3.05) is 6.54 Å². The quantitative estimate of drug-likeness (QED) is 0.568. The molecule has 0 aromatic heterocycles. The molecular weight excluding hydrogens is 182 g/mol. The molecule has 1 heteroatoms. The van der Waals surface area contributed by atoms with E-state index >= 15 is 0 Å². The topological polar surface area (TPSA) is 3.24 Å². The van der Waals surface area contributed by atoms with Gasteiger partial charge >= 0.3 is 0 Å². The van der Waals surface area contributed by atoms with Crippen LogP contribution in [0.3, 0.4) is 0 Å². The van der Waals surface area contributed by atoms with Gasteiger partial charge < -0.3 is 4.90 Å². The van der Waals surface area contributed by atoms with Gasteiger partial charge in [0.15, 0.2) is 0 Å². The van der Waals surface area contributed by atoms with Gasteiger partial charge in [-0.15, -0.1) is 0 Å². The highest BCUT2D eigenvalue weighted by molar-refractivity contribution is 5.18. The summed E-state index contributed by atoms with van der Waals surface area (Å²) in [6, 6.07) is 0. The average Bonchev–Trinajstić information content (AvgIpc) is 2.22. The van der Waals surface area contributed by atoms with E-state index in [0.29, 0.717) is 5.54 Å².